The van der Waals surface area contributed by atoms with Crippen molar-refractivity contribution in [2.75, 3.05) is 0 Å². The van der Waals surface area contributed by atoms with Gasteiger partial charge in [-0.1, -0.05) is 39.8 Å². The lowest BCUT2D eigenvalue weighted by molar-refractivity contribution is -0.384. The van der Waals surface area contributed by atoms with E-state index in [1.54, 1.807) is 6.92 Å². The Morgan fingerprint density at radius 1 is 1.20 bits per heavy atom. The van der Waals surface area contributed by atoms with Gasteiger partial charge < -0.3 is 9.79 Å². The van der Waals surface area contributed by atoms with Gasteiger partial charge in [0.05, 0.1) is 10.6 Å². The molecule has 2 unspecified atom stereocenters. The molecule has 0 bridgehead atoms. The molecule has 0 saturated heterocycles. The standard InChI is InChI=1S/C13H20NO5P/c1-9(13(2,3)4)12(20(17,18)19)10-5-7-11(8-6-10)14(15)16/h5-9,12H,1-4H3,(H2,17,18,19). The maximum atomic E-state index is 11.8. The van der Waals surface area contributed by atoms with E-state index < -0.39 is 18.2 Å². The van der Waals surface area contributed by atoms with Crippen molar-refractivity contribution in [2.24, 2.45) is 11.3 Å². The van der Waals surface area contributed by atoms with Crippen LogP contribution in [0.4, 0.5) is 5.69 Å². The molecule has 1 rings (SSSR count). The lowest BCUT2D eigenvalue weighted by atomic mass is 9.78. The monoisotopic (exact) mass is 301 g/mol. The van der Waals surface area contributed by atoms with E-state index in [-0.39, 0.29) is 17.0 Å². The predicted molar refractivity (Wildman–Crippen MR) is 76.5 cm³/mol. The first-order valence-electron chi connectivity index (χ1n) is 6.24. The van der Waals surface area contributed by atoms with Crippen LogP contribution in [0.1, 0.15) is 38.9 Å². The van der Waals surface area contributed by atoms with Gasteiger partial charge in [0.15, 0.2) is 0 Å². The van der Waals surface area contributed by atoms with Crippen molar-refractivity contribution in [2.45, 2.75) is 33.4 Å². The van der Waals surface area contributed by atoms with Crippen LogP contribution in [0, 0.1) is 21.4 Å². The number of nitro groups is 1. The van der Waals surface area contributed by atoms with E-state index in [9.17, 15) is 24.5 Å². The van der Waals surface area contributed by atoms with Gasteiger partial charge in [0, 0.05) is 12.1 Å². The molecule has 1 aromatic rings. The first-order chi connectivity index (χ1) is 8.94. The molecule has 0 fully saturated rings. The lowest BCUT2D eigenvalue weighted by Gasteiger charge is -2.35. The summed E-state index contributed by atoms with van der Waals surface area (Å²) in [5.74, 6) is -0.287. The fourth-order valence-electron chi connectivity index (χ4n) is 2.04. The topological polar surface area (TPSA) is 101 Å². The second-order valence-corrected chi connectivity index (χ2v) is 7.77. The highest BCUT2D eigenvalue weighted by atomic mass is 31.2. The van der Waals surface area contributed by atoms with Crippen LogP contribution in [0.5, 0.6) is 0 Å². The van der Waals surface area contributed by atoms with Gasteiger partial charge in [-0.15, -0.1) is 0 Å². The molecule has 0 aliphatic rings. The first kappa shape index (κ1) is 16.8. The van der Waals surface area contributed by atoms with Gasteiger partial charge in [-0.25, -0.2) is 0 Å². The second kappa shape index (κ2) is 5.64. The van der Waals surface area contributed by atoms with Gasteiger partial charge in [0.1, 0.15) is 0 Å². The number of hydrogen-bond acceptors (Lipinski definition) is 3. The Bertz CT molecular complexity index is 529. The maximum absolute atomic E-state index is 11.8. The molecular weight excluding hydrogens is 281 g/mol. The maximum Gasteiger partial charge on any atom is 0.333 e. The molecule has 0 amide bonds. The molecule has 0 heterocycles. The zero-order valence-electron chi connectivity index (χ0n) is 12.0. The van der Waals surface area contributed by atoms with Gasteiger partial charge in [-0.05, 0) is 16.9 Å². The summed E-state index contributed by atoms with van der Waals surface area (Å²) >= 11 is 0. The summed E-state index contributed by atoms with van der Waals surface area (Å²) in [5.41, 5.74) is -0.940. The van der Waals surface area contributed by atoms with Crippen LogP contribution in [0.15, 0.2) is 24.3 Å². The molecule has 0 saturated carbocycles. The summed E-state index contributed by atoms with van der Waals surface area (Å²) in [5, 5.41) is 10.6. The summed E-state index contributed by atoms with van der Waals surface area (Å²) in [7, 11) is -4.36. The first-order valence-corrected chi connectivity index (χ1v) is 7.92. The number of hydrogen-bond donors (Lipinski definition) is 2. The fourth-order valence-corrected chi connectivity index (χ4v) is 3.63. The highest BCUT2D eigenvalue weighted by Crippen LogP contribution is 2.59. The fraction of sp³-hybridized carbons (Fsp3) is 0.538. The minimum absolute atomic E-state index is 0.0957. The third-order valence-electron chi connectivity index (χ3n) is 3.65. The molecule has 6 nitrogen and oxygen atoms in total. The zero-order chi connectivity index (χ0) is 15.7. The Morgan fingerprint density at radius 2 is 1.65 bits per heavy atom. The quantitative estimate of drug-likeness (QED) is 0.503. The van der Waals surface area contributed by atoms with E-state index in [2.05, 4.69) is 0 Å². The van der Waals surface area contributed by atoms with Gasteiger partial charge in [-0.3, -0.25) is 14.7 Å². The van der Waals surface area contributed by atoms with Gasteiger partial charge in [-0.2, -0.15) is 0 Å². The van der Waals surface area contributed by atoms with Crippen LogP contribution in [0.3, 0.4) is 0 Å². The molecule has 20 heavy (non-hydrogen) atoms. The third kappa shape index (κ3) is 3.88. The van der Waals surface area contributed by atoms with Crippen molar-refractivity contribution >= 4 is 13.3 Å². The molecule has 0 aliphatic heterocycles. The third-order valence-corrected chi connectivity index (χ3v) is 5.12. The Labute approximate surface area is 118 Å². The molecule has 0 spiro atoms. The molecule has 0 aliphatic carbocycles. The van der Waals surface area contributed by atoms with Gasteiger partial charge >= 0.3 is 7.60 Å². The van der Waals surface area contributed by atoms with Crippen LogP contribution < -0.4 is 0 Å². The minimum atomic E-state index is -4.36. The van der Waals surface area contributed by atoms with Gasteiger partial charge in [0.25, 0.3) is 5.69 Å². The van der Waals surface area contributed by atoms with E-state index in [1.165, 1.54) is 24.3 Å². The predicted octanol–water partition coefficient (Wildman–Crippen LogP) is 3.50. The molecule has 0 aromatic heterocycles. The van der Waals surface area contributed by atoms with E-state index >= 15 is 0 Å². The average Bonchev–Trinajstić information content (AvgIpc) is 2.26. The Hall–Kier alpha value is -1.23. The molecule has 2 atom stereocenters. The van der Waals surface area contributed by atoms with E-state index in [0.29, 0.717) is 5.56 Å². The molecular formula is C13H20NO5P. The van der Waals surface area contributed by atoms with Crippen LogP contribution in [-0.2, 0) is 4.57 Å². The number of non-ortho nitro benzene ring substituents is 1. The highest BCUT2D eigenvalue weighted by molar-refractivity contribution is 7.52. The highest BCUT2D eigenvalue weighted by Gasteiger charge is 2.40. The summed E-state index contributed by atoms with van der Waals surface area (Å²) < 4.78 is 11.8. The van der Waals surface area contributed by atoms with Crippen molar-refractivity contribution in [1.29, 1.82) is 0 Å². The molecule has 1 aromatic carbocycles. The zero-order valence-corrected chi connectivity index (χ0v) is 12.9. The molecule has 0 radical (unpaired) electrons. The van der Waals surface area contributed by atoms with Gasteiger partial charge in [0.2, 0.25) is 0 Å². The smallest absolute Gasteiger partial charge is 0.324 e. The second-order valence-electron chi connectivity index (χ2n) is 6.04. The largest absolute Gasteiger partial charge is 0.333 e. The number of nitro benzene ring substituents is 1. The van der Waals surface area contributed by atoms with Crippen molar-refractivity contribution in [3.8, 4) is 0 Å². The minimum Gasteiger partial charge on any atom is -0.324 e. The summed E-state index contributed by atoms with van der Waals surface area (Å²) in [4.78, 5) is 29.3. The summed E-state index contributed by atoms with van der Waals surface area (Å²) in [6.45, 7) is 7.51. The normalized spacial score (nSPS) is 15.7. The molecule has 7 heteroatoms. The van der Waals surface area contributed by atoms with E-state index in [4.69, 9.17) is 0 Å². The van der Waals surface area contributed by atoms with E-state index in [0.717, 1.165) is 0 Å². The molecule has 2 N–H and O–H groups in total. The number of nitrogens with zero attached hydrogens (tertiary/aromatic N) is 1. The SMILES string of the molecule is CC(C(c1ccc([N+](=O)[O-])cc1)P(=O)(O)O)C(C)(C)C. The lowest BCUT2D eigenvalue weighted by Crippen LogP contribution is -2.24. The van der Waals surface area contributed by atoms with Crippen molar-refractivity contribution in [3.63, 3.8) is 0 Å². The molecule has 112 valence electrons. The van der Waals surface area contributed by atoms with Crippen LogP contribution >= 0.6 is 7.60 Å². The summed E-state index contributed by atoms with van der Waals surface area (Å²) in [6, 6.07) is 5.38. The van der Waals surface area contributed by atoms with Crippen LogP contribution in [0.2, 0.25) is 0 Å². The van der Waals surface area contributed by atoms with E-state index in [1.807, 2.05) is 20.8 Å². The Morgan fingerprint density at radius 3 is 1.95 bits per heavy atom. The van der Waals surface area contributed by atoms with Crippen LogP contribution in [-0.4, -0.2) is 14.7 Å². The Kier molecular flexibility index (Phi) is 4.74. The number of rotatable bonds is 4. The number of benzene rings is 1. The average molecular weight is 301 g/mol. The summed E-state index contributed by atoms with van der Waals surface area (Å²) in [6.07, 6.45) is 0. The Balaban J connectivity index is 3.26. The van der Waals surface area contributed by atoms with Crippen molar-refractivity contribution < 1.29 is 19.3 Å². The van der Waals surface area contributed by atoms with Crippen molar-refractivity contribution in [3.05, 3.63) is 39.9 Å². The van der Waals surface area contributed by atoms with Crippen LogP contribution in [0.25, 0.3) is 0 Å². The van der Waals surface area contributed by atoms with Crippen molar-refractivity contribution in [1.82, 2.24) is 0 Å².